The first-order chi connectivity index (χ1) is 10.7. The Morgan fingerprint density at radius 2 is 2.09 bits per heavy atom. The third kappa shape index (κ3) is 4.54. The number of ether oxygens (including phenoxy) is 2. The summed E-state index contributed by atoms with van der Waals surface area (Å²) >= 11 is 0. The second kappa shape index (κ2) is 6.39. The van der Waals surface area contributed by atoms with Crippen LogP contribution >= 0.6 is 0 Å². The van der Waals surface area contributed by atoms with E-state index in [2.05, 4.69) is 0 Å². The van der Waals surface area contributed by atoms with Gasteiger partial charge in [-0.3, -0.25) is 10.1 Å². The summed E-state index contributed by atoms with van der Waals surface area (Å²) in [6.07, 6.45) is -2.88. The second-order valence-electron chi connectivity index (χ2n) is 6.31. The van der Waals surface area contributed by atoms with Crippen molar-refractivity contribution in [1.82, 2.24) is 4.90 Å². The van der Waals surface area contributed by atoms with E-state index in [-0.39, 0.29) is 24.5 Å². The number of hydrogen-bond acceptors (Lipinski definition) is 5. The molecule has 7 nitrogen and oxygen atoms in total. The van der Waals surface area contributed by atoms with Gasteiger partial charge >= 0.3 is 6.09 Å². The van der Waals surface area contributed by atoms with Gasteiger partial charge in [-0.25, -0.2) is 9.18 Å². The fraction of sp³-hybridized carbons (Fsp3) is 0.533. The number of hydrogen-bond donors (Lipinski definition) is 0. The summed E-state index contributed by atoms with van der Waals surface area (Å²) in [5.41, 5.74) is -0.804. The molecule has 0 saturated carbocycles. The Kier molecular flexibility index (Phi) is 4.72. The van der Waals surface area contributed by atoms with Crippen molar-refractivity contribution in [2.75, 3.05) is 13.1 Å². The van der Waals surface area contributed by atoms with E-state index < -0.39 is 28.9 Å². The van der Waals surface area contributed by atoms with E-state index in [1.54, 1.807) is 20.8 Å². The lowest BCUT2D eigenvalue weighted by Gasteiger charge is -2.24. The number of carbonyl (C=O) groups is 1. The molecule has 2 atom stereocenters. The molecule has 1 saturated heterocycles. The van der Waals surface area contributed by atoms with Gasteiger partial charge in [0.25, 0.3) is 5.69 Å². The molecule has 1 fully saturated rings. The molecule has 23 heavy (non-hydrogen) atoms. The van der Waals surface area contributed by atoms with Crippen LogP contribution in [0.3, 0.4) is 0 Å². The fourth-order valence-corrected chi connectivity index (χ4v) is 2.17. The zero-order valence-corrected chi connectivity index (χ0v) is 13.2. The SMILES string of the molecule is CC(C)(C)OC(=O)N1C[C@@H](F)[C@H](Oc2cccc([N+](=O)[O-])c2)C1. The average molecular weight is 326 g/mol. The van der Waals surface area contributed by atoms with Gasteiger partial charge in [-0.1, -0.05) is 6.07 Å². The molecule has 1 aromatic carbocycles. The molecule has 0 aromatic heterocycles. The number of benzene rings is 1. The lowest BCUT2D eigenvalue weighted by Crippen LogP contribution is -2.36. The molecule has 1 aromatic rings. The minimum absolute atomic E-state index is 0.0266. The van der Waals surface area contributed by atoms with E-state index in [1.807, 2.05) is 0 Å². The molecule has 1 aliphatic heterocycles. The van der Waals surface area contributed by atoms with Crippen molar-refractivity contribution >= 4 is 11.8 Å². The van der Waals surface area contributed by atoms with E-state index in [0.717, 1.165) is 0 Å². The summed E-state index contributed by atoms with van der Waals surface area (Å²) in [6.45, 7) is 5.08. The molecule has 0 N–H and O–H groups in total. The summed E-state index contributed by atoms with van der Waals surface area (Å²) in [5, 5.41) is 10.7. The minimum atomic E-state index is -1.39. The summed E-state index contributed by atoms with van der Waals surface area (Å²) in [6, 6.07) is 5.52. The van der Waals surface area contributed by atoms with Gasteiger partial charge in [0.1, 0.15) is 17.5 Å². The summed E-state index contributed by atoms with van der Waals surface area (Å²) in [4.78, 5) is 23.4. The summed E-state index contributed by atoms with van der Waals surface area (Å²) in [5.74, 6) is 0.192. The van der Waals surface area contributed by atoms with Gasteiger partial charge in [0, 0.05) is 6.07 Å². The predicted octanol–water partition coefficient (Wildman–Crippen LogP) is 2.93. The van der Waals surface area contributed by atoms with Crippen molar-refractivity contribution in [3.8, 4) is 5.75 Å². The smallest absolute Gasteiger partial charge is 0.410 e. The van der Waals surface area contributed by atoms with Gasteiger partial charge < -0.3 is 14.4 Å². The van der Waals surface area contributed by atoms with E-state index >= 15 is 0 Å². The quantitative estimate of drug-likeness (QED) is 0.630. The van der Waals surface area contributed by atoms with Crippen LogP contribution in [0.25, 0.3) is 0 Å². The summed E-state index contributed by atoms with van der Waals surface area (Å²) < 4.78 is 24.7. The van der Waals surface area contributed by atoms with E-state index in [4.69, 9.17) is 9.47 Å². The highest BCUT2D eigenvalue weighted by Gasteiger charge is 2.39. The molecule has 126 valence electrons. The largest absolute Gasteiger partial charge is 0.485 e. The number of carbonyl (C=O) groups excluding carboxylic acids is 1. The average Bonchev–Trinajstić information content (AvgIpc) is 2.79. The number of halogens is 1. The van der Waals surface area contributed by atoms with Gasteiger partial charge in [-0.2, -0.15) is 0 Å². The molecule has 0 spiro atoms. The number of non-ortho nitro benzene ring substituents is 1. The zero-order chi connectivity index (χ0) is 17.2. The maximum absolute atomic E-state index is 14.1. The topological polar surface area (TPSA) is 81.9 Å². The third-order valence-corrected chi connectivity index (χ3v) is 3.17. The first-order valence-electron chi connectivity index (χ1n) is 7.19. The van der Waals surface area contributed by atoms with Crippen LogP contribution in [0, 0.1) is 10.1 Å². The lowest BCUT2D eigenvalue weighted by molar-refractivity contribution is -0.385. The first-order valence-corrected chi connectivity index (χ1v) is 7.19. The maximum Gasteiger partial charge on any atom is 0.410 e. The molecular formula is C15H19FN2O5. The van der Waals surface area contributed by atoms with Crippen LogP contribution in [0.2, 0.25) is 0 Å². The Balaban J connectivity index is 2.01. The van der Waals surface area contributed by atoms with Crippen LogP contribution in [-0.2, 0) is 4.74 Å². The van der Waals surface area contributed by atoms with Gasteiger partial charge in [0.05, 0.1) is 24.1 Å². The van der Waals surface area contributed by atoms with Crippen LogP contribution < -0.4 is 4.74 Å². The van der Waals surface area contributed by atoms with Crippen LogP contribution in [0.4, 0.5) is 14.9 Å². The summed E-state index contributed by atoms with van der Waals surface area (Å²) in [7, 11) is 0. The third-order valence-electron chi connectivity index (χ3n) is 3.17. The minimum Gasteiger partial charge on any atom is -0.485 e. The molecule has 1 amide bonds. The normalized spacial score (nSPS) is 21.1. The van der Waals surface area contributed by atoms with E-state index in [1.165, 1.54) is 29.2 Å². The van der Waals surface area contributed by atoms with Crippen molar-refractivity contribution in [1.29, 1.82) is 0 Å². The molecular weight excluding hydrogens is 307 g/mol. The van der Waals surface area contributed by atoms with E-state index in [0.29, 0.717) is 0 Å². The monoisotopic (exact) mass is 326 g/mol. The number of nitro benzene ring substituents is 1. The highest BCUT2D eigenvalue weighted by molar-refractivity contribution is 5.68. The Hall–Kier alpha value is -2.38. The van der Waals surface area contributed by atoms with Crippen molar-refractivity contribution in [3.63, 3.8) is 0 Å². The lowest BCUT2D eigenvalue weighted by atomic mass is 10.2. The van der Waals surface area contributed by atoms with Gasteiger partial charge in [0.2, 0.25) is 0 Å². The van der Waals surface area contributed by atoms with Crippen molar-refractivity contribution in [2.45, 2.75) is 38.6 Å². The Labute approximate surface area is 133 Å². The van der Waals surface area contributed by atoms with Crippen LogP contribution in [0.15, 0.2) is 24.3 Å². The molecule has 0 unspecified atom stereocenters. The van der Waals surface area contributed by atoms with Crippen LogP contribution in [0.5, 0.6) is 5.75 Å². The van der Waals surface area contributed by atoms with Gasteiger partial charge in [-0.15, -0.1) is 0 Å². The molecule has 0 radical (unpaired) electrons. The molecule has 1 heterocycles. The number of rotatable bonds is 3. The molecule has 0 bridgehead atoms. The number of nitrogens with zero attached hydrogens (tertiary/aromatic N) is 2. The fourth-order valence-electron chi connectivity index (χ4n) is 2.17. The van der Waals surface area contributed by atoms with Gasteiger partial charge in [0.15, 0.2) is 6.17 Å². The molecule has 8 heteroatoms. The highest BCUT2D eigenvalue weighted by atomic mass is 19.1. The highest BCUT2D eigenvalue weighted by Crippen LogP contribution is 2.25. The van der Waals surface area contributed by atoms with Crippen molar-refractivity contribution in [2.24, 2.45) is 0 Å². The van der Waals surface area contributed by atoms with Gasteiger partial charge in [-0.05, 0) is 26.8 Å². The van der Waals surface area contributed by atoms with E-state index in [9.17, 15) is 19.3 Å². The number of nitro groups is 1. The Morgan fingerprint density at radius 3 is 2.70 bits per heavy atom. The standard InChI is InChI=1S/C15H19FN2O5/c1-15(2,3)23-14(19)17-8-12(16)13(9-17)22-11-6-4-5-10(7-11)18(20)21/h4-7,12-13H,8-9H2,1-3H3/t12-,13-/m1/s1. The first kappa shape index (κ1) is 17.0. The number of alkyl halides is 1. The van der Waals surface area contributed by atoms with Crippen molar-refractivity contribution in [3.05, 3.63) is 34.4 Å². The van der Waals surface area contributed by atoms with Crippen molar-refractivity contribution < 1.29 is 23.6 Å². The zero-order valence-electron chi connectivity index (χ0n) is 13.2. The molecule has 2 rings (SSSR count). The molecule has 1 aliphatic rings. The van der Waals surface area contributed by atoms with Crippen LogP contribution in [-0.4, -0.2) is 46.9 Å². The molecule has 0 aliphatic carbocycles. The maximum atomic E-state index is 14.1. The van der Waals surface area contributed by atoms with Crippen LogP contribution in [0.1, 0.15) is 20.8 Å². The number of likely N-dealkylation sites (tertiary alicyclic amines) is 1. The second-order valence-corrected chi connectivity index (χ2v) is 6.31. The number of amides is 1. The Bertz CT molecular complexity index is 602. The predicted molar refractivity (Wildman–Crippen MR) is 80.2 cm³/mol. The Morgan fingerprint density at radius 1 is 1.39 bits per heavy atom.